The Balaban J connectivity index is 4.68. The maximum Gasteiger partial charge on any atom is 0.341 e. The van der Waals surface area contributed by atoms with E-state index < -0.39 is 20.6 Å². The molecule has 0 aliphatic rings. The van der Waals surface area contributed by atoms with Gasteiger partial charge < -0.3 is 19.6 Å². The van der Waals surface area contributed by atoms with E-state index in [1.807, 2.05) is 19.9 Å². The van der Waals surface area contributed by atoms with Gasteiger partial charge in [0.25, 0.3) is 0 Å². The van der Waals surface area contributed by atoms with Crippen molar-refractivity contribution in [3.63, 3.8) is 0 Å². The van der Waals surface area contributed by atoms with Crippen molar-refractivity contribution in [2.45, 2.75) is 45.4 Å². The molecule has 8 heteroatoms. The second kappa shape index (κ2) is 7.53. The van der Waals surface area contributed by atoms with Gasteiger partial charge in [0.05, 0.1) is 0 Å². The predicted octanol–water partition coefficient (Wildman–Crippen LogP) is 2.75. The first-order valence-corrected chi connectivity index (χ1v) is 9.20. The molecule has 0 bridgehead atoms. The Hall–Kier alpha value is -0.220. The summed E-state index contributed by atoms with van der Waals surface area (Å²) in [6, 6.07) is 0. The molecule has 0 aliphatic heterocycles. The molecule has 0 aromatic heterocycles. The molecule has 19 heavy (non-hydrogen) atoms. The SMILES string of the molecule is CC(C)=CCC/C(C)=C\CC(P(=O)(O)O)P(=O)(O)O. The first kappa shape index (κ1) is 18.8. The Kier molecular flexibility index (Phi) is 7.45. The van der Waals surface area contributed by atoms with E-state index in [2.05, 4.69) is 0 Å². The van der Waals surface area contributed by atoms with Gasteiger partial charge in [-0.25, -0.2) is 0 Å². The summed E-state index contributed by atoms with van der Waals surface area (Å²) in [5.41, 5.74) is 2.03. The molecule has 0 saturated heterocycles. The summed E-state index contributed by atoms with van der Waals surface area (Å²) >= 11 is 0. The lowest BCUT2D eigenvalue weighted by Gasteiger charge is -2.18. The van der Waals surface area contributed by atoms with Gasteiger partial charge in [0, 0.05) is 0 Å². The normalized spacial score (nSPS) is 13.8. The molecule has 0 aromatic carbocycles. The topological polar surface area (TPSA) is 115 Å². The van der Waals surface area contributed by atoms with Crippen LogP contribution in [0.4, 0.5) is 0 Å². The molecule has 0 radical (unpaired) electrons. The minimum Gasteiger partial charge on any atom is -0.324 e. The van der Waals surface area contributed by atoms with E-state index >= 15 is 0 Å². The Morgan fingerprint density at radius 2 is 1.47 bits per heavy atom. The molecule has 0 aromatic rings. The molecule has 0 fully saturated rings. The molecule has 4 N–H and O–H groups in total. The third-order valence-electron chi connectivity index (χ3n) is 2.54. The zero-order valence-electron chi connectivity index (χ0n) is 11.4. The van der Waals surface area contributed by atoms with Crippen LogP contribution in [0, 0.1) is 0 Å². The van der Waals surface area contributed by atoms with Gasteiger partial charge in [-0.3, -0.25) is 9.13 Å². The van der Waals surface area contributed by atoms with E-state index in [0.29, 0.717) is 6.42 Å². The Bertz CT molecular complexity index is 416. The maximum atomic E-state index is 11.1. The van der Waals surface area contributed by atoms with E-state index in [4.69, 9.17) is 19.6 Å². The number of hydrogen-bond donors (Lipinski definition) is 4. The van der Waals surface area contributed by atoms with Gasteiger partial charge in [0.1, 0.15) is 0 Å². The average Bonchev–Trinajstić information content (AvgIpc) is 2.12. The lowest BCUT2D eigenvalue weighted by atomic mass is 10.1. The van der Waals surface area contributed by atoms with E-state index in [9.17, 15) is 9.13 Å². The maximum absolute atomic E-state index is 11.1. The molecular weight excluding hydrogens is 290 g/mol. The fourth-order valence-electron chi connectivity index (χ4n) is 1.47. The molecule has 0 unspecified atom stereocenters. The molecule has 0 atom stereocenters. The van der Waals surface area contributed by atoms with Crippen molar-refractivity contribution in [2.24, 2.45) is 0 Å². The number of rotatable bonds is 7. The standard InChI is InChI=1S/C11H22O6P2/c1-9(2)5-4-6-10(3)7-8-11(18(12,13)14)19(15,16)17/h5,7,11H,4,6,8H2,1-3H3,(H2,12,13,14)(H2,15,16,17)/b10-7-. The fraction of sp³-hybridized carbons (Fsp3) is 0.636. The predicted molar refractivity (Wildman–Crippen MR) is 74.9 cm³/mol. The second-order valence-electron chi connectivity index (χ2n) is 4.77. The zero-order valence-corrected chi connectivity index (χ0v) is 13.1. The molecule has 6 nitrogen and oxygen atoms in total. The highest BCUT2D eigenvalue weighted by Crippen LogP contribution is 2.61. The molecule has 112 valence electrons. The third kappa shape index (κ3) is 8.53. The highest BCUT2D eigenvalue weighted by molar-refractivity contribution is 7.70. The van der Waals surface area contributed by atoms with Gasteiger partial charge in [0.15, 0.2) is 5.40 Å². The summed E-state index contributed by atoms with van der Waals surface area (Å²) in [6.45, 7) is 5.71. The van der Waals surface area contributed by atoms with Crippen LogP contribution in [0.15, 0.2) is 23.3 Å². The fourth-order valence-corrected chi connectivity index (χ4v) is 3.80. The number of hydrogen-bond acceptors (Lipinski definition) is 2. The lowest BCUT2D eigenvalue weighted by molar-refractivity contribution is 0.338. The van der Waals surface area contributed by atoms with Crippen molar-refractivity contribution < 1.29 is 28.7 Å². The van der Waals surface area contributed by atoms with E-state index in [-0.39, 0.29) is 6.42 Å². The smallest absolute Gasteiger partial charge is 0.324 e. The van der Waals surface area contributed by atoms with E-state index in [1.54, 1.807) is 6.92 Å². The Labute approximate surface area is 113 Å². The third-order valence-corrected chi connectivity index (χ3v) is 6.32. The van der Waals surface area contributed by atoms with Crippen LogP contribution < -0.4 is 0 Å². The monoisotopic (exact) mass is 312 g/mol. The summed E-state index contributed by atoms with van der Waals surface area (Å²) < 4.78 is 22.1. The first-order chi connectivity index (χ1) is 8.44. The van der Waals surface area contributed by atoms with E-state index in [0.717, 1.165) is 12.0 Å². The van der Waals surface area contributed by atoms with Gasteiger partial charge in [0.2, 0.25) is 0 Å². The summed E-state index contributed by atoms with van der Waals surface area (Å²) in [5.74, 6) is 0. The van der Waals surface area contributed by atoms with Gasteiger partial charge >= 0.3 is 15.2 Å². The molecule has 0 heterocycles. The van der Waals surface area contributed by atoms with Crippen LogP contribution in [0.3, 0.4) is 0 Å². The first-order valence-electron chi connectivity index (χ1n) is 5.84. The highest BCUT2D eigenvalue weighted by Gasteiger charge is 2.42. The molecule has 0 rings (SSSR count). The minimum atomic E-state index is -4.81. The van der Waals surface area contributed by atoms with E-state index in [1.165, 1.54) is 11.6 Å². The van der Waals surface area contributed by atoms with Gasteiger partial charge in [-0.2, -0.15) is 0 Å². The van der Waals surface area contributed by atoms with Crippen molar-refractivity contribution in [3.05, 3.63) is 23.3 Å². The molecular formula is C11H22O6P2. The van der Waals surface area contributed by atoms with Gasteiger partial charge in [-0.1, -0.05) is 23.3 Å². The van der Waals surface area contributed by atoms with Crippen LogP contribution in [0.25, 0.3) is 0 Å². The van der Waals surface area contributed by atoms with Crippen LogP contribution >= 0.6 is 15.2 Å². The molecule has 0 amide bonds. The van der Waals surface area contributed by atoms with Crippen molar-refractivity contribution in [3.8, 4) is 0 Å². The summed E-state index contributed by atoms with van der Waals surface area (Å²) in [4.78, 5) is 35.8. The minimum absolute atomic E-state index is 0.324. The Morgan fingerprint density at radius 3 is 1.84 bits per heavy atom. The van der Waals surface area contributed by atoms with Crippen LogP contribution in [0.1, 0.15) is 40.0 Å². The van der Waals surface area contributed by atoms with Crippen LogP contribution in [-0.4, -0.2) is 25.0 Å². The second-order valence-corrected chi connectivity index (χ2v) is 8.78. The summed E-state index contributed by atoms with van der Waals surface area (Å²) in [6.07, 6.45) is 4.68. The molecule has 0 aliphatic carbocycles. The zero-order chi connectivity index (χ0) is 15.3. The average molecular weight is 312 g/mol. The summed E-state index contributed by atoms with van der Waals surface area (Å²) in [7, 11) is -9.63. The molecule has 0 saturated carbocycles. The largest absolute Gasteiger partial charge is 0.341 e. The van der Waals surface area contributed by atoms with Gasteiger partial charge in [-0.15, -0.1) is 0 Å². The Morgan fingerprint density at radius 1 is 1.00 bits per heavy atom. The van der Waals surface area contributed by atoms with Crippen molar-refractivity contribution in [1.29, 1.82) is 0 Å². The molecule has 0 spiro atoms. The number of allylic oxidation sites excluding steroid dienone is 4. The van der Waals surface area contributed by atoms with Crippen molar-refractivity contribution >= 4 is 15.2 Å². The van der Waals surface area contributed by atoms with Crippen LogP contribution in [0.5, 0.6) is 0 Å². The van der Waals surface area contributed by atoms with Crippen LogP contribution in [-0.2, 0) is 9.13 Å². The van der Waals surface area contributed by atoms with Crippen molar-refractivity contribution in [2.75, 3.05) is 0 Å². The highest BCUT2D eigenvalue weighted by atomic mass is 31.2. The summed E-state index contributed by atoms with van der Waals surface area (Å²) in [5, 5.41) is -1.95. The quantitative estimate of drug-likeness (QED) is 0.424. The van der Waals surface area contributed by atoms with Crippen LogP contribution in [0.2, 0.25) is 0 Å². The van der Waals surface area contributed by atoms with Crippen molar-refractivity contribution in [1.82, 2.24) is 0 Å². The lowest BCUT2D eigenvalue weighted by Crippen LogP contribution is -2.08. The van der Waals surface area contributed by atoms with Gasteiger partial charge in [-0.05, 0) is 40.0 Å².